The molecular weight excluding hydrogens is 356 g/mol. The number of hydrogen-bond acceptors (Lipinski definition) is 2. The van der Waals surface area contributed by atoms with Crippen molar-refractivity contribution in [1.82, 2.24) is 9.97 Å². The van der Waals surface area contributed by atoms with Crippen LogP contribution in [0.2, 0.25) is 0 Å². The second-order valence-electron chi connectivity index (χ2n) is 5.62. The second kappa shape index (κ2) is 6.15. The number of nitrogens with one attached hydrogen (secondary N) is 2. The zero-order valence-electron chi connectivity index (χ0n) is 11.8. The largest absolute Gasteiger partial charge is 0.378 e. The topological polar surface area (TPSA) is 57.9 Å². The smallest absolute Gasteiger partial charge is 0.323 e. The van der Waals surface area contributed by atoms with Gasteiger partial charge in [0.2, 0.25) is 0 Å². The first-order chi connectivity index (χ1) is 10.1. The maximum absolute atomic E-state index is 11.3. The van der Waals surface area contributed by atoms with Crippen molar-refractivity contribution >= 4 is 38.6 Å². The van der Waals surface area contributed by atoms with Crippen LogP contribution in [0.15, 0.2) is 21.4 Å². The van der Waals surface area contributed by atoms with Crippen molar-refractivity contribution < 1.29 is 4.74 Å². The summed E-state index contributed by atoms with van der Waals surface area (Å²) in [6, 6.07) is 3.86. The summed E-state index contributed by atoms with van der Waals surface area (Å²) in [6.45, 7) is 2.81. The van der Waals surface area contributed by atoms with Crippen molar-refractivity contribution in [2.45, 2.75) is 37.7 Å². The summed E-state index contributed by atoms with van der Waals surface area (Å²) in [5, 5.41) is -0.0604. The molecule has 114 valence electrons. The standard InChI is InChI=1S/C15H18BrClN2O2/c1-2-21-9-3-8(4-9)5-12(17)10-6-13-14(7-11(10)16)19-15(20)18-13/h6-9,12H,2-5H2,1H3,(H2,18,19,20). The molecule has 1 heterocycles. The normalized spacial score (nSPS) is 23.2. The highest BCUT2D eigenvalue weighted by atomic mass is 79.9. The zero-order chi connectivity index (χ0) is 15.0. The number of fused-ring (bicyclic) bond motifs is 1. The van der Waals surface area contributed by atoms with Crippen LogP contribution >= 0.6 is 27.5 Å². The van der Waals surface area contributed by atoms with Crippen molar-refractivity contribution in [2.75, 3.05) is 6.61 Å². The van der Waals surface area contributed by atoms with Gasteiger partial charge < -0.3 is 14.7 Å². The second-order valence-corrected chi connectivity index (χ2v) is 7.00. The fraction of sp³-hybridized carbons (Fsp3) is 0.533. The van der Waals surface area contributed by atoms with E-state index in [1.165, 1.54) is 0 Å². The molecule has 1 unspecified atom stereocenters. The third kappa shape index (κ3) is 3.20. The molecule has 4 nitrogen and oxygen atoms in total. The van der Waals surface area contributed by atoms with E-state index in [4.69, 9.17) is 16.3 Å². The van der Waals surface area contributed by atoms with Gasteiger partial charge in [-0.05, 0) is 49.8 Å². The number of imidazole rings is 1. The third-order valence-electron chi connectivity index (χ3n) is 4.11. The van der Waals surface area contributed by atoms with Gasteiger partial charge in [0.15, 0.2) is 0 Å². The van der Waals surface area contributed by atoms with Gasteiger partial charge in [-0.2, -0.15) is 0 Å². The van der Waals surface area contributed by atoms with Gasteiger partial charge in [0.25, 0.3) is 0 Å². The number of halogens is 2. The summed E-state index contributed by atoms with van der Waals surface area (Å²) in [7, 11) is 0. The first-order valence-electron chi connectivity index (χ1n) is 7.24. The number of rotatable bonds is 5. The van der Waals surface area contributed by atoms with Crippen LogP contribution in [0.1, 0.15) is 37.1 Å². The summed E-state index contributed by atoms with van der Waals surface area (Å²) in [5.74, 6) is 0.622. The molecule has 0 radical (unpaired) electrons. The van der Waals surface area contributed by atoms with Crippen molar-refractivity contribution in [3.05, 3.63) is 32.7 Å². The molecule has 0 bridgehead atoms. The molecule has 2 aromatic rings. The molecule has 0 amide bonds. The minimum atomic E-state index is -0.196. The number of H-pyrrole nitrogens is 2. The monoisotopic (exact) mass is 372 g/mol. The van der Waals surface area contributed by atoms with E-state index in [1.807, 2.05) is 19.1 Å². The average Bonchev–Trinajstić information content (AvgIpc) is 2.74. The van der Waals surface area contributed by atoms with Crippen LogP contribution < -0.4 is 5.69 Å². The minimum absolute atomic E-state index is 0.0604. The molecule has 1 atom stereocenters. The number of benzene rings is 1. The Morgan fingerprint density at radius 1 is 1.38 bits per heavy atom. The van der Waals surface area contributed by atoms with Crippen LogP contribution in [-0.2, 0) is 4.74 Å². The summed E-state index contributed by atoms with van der Waals surface area (Å²) in [5.41, 5.74) is 2.42. The van der Waals surface area contributed by atoms with Crippen molar-refractivity contribution in [3.8, 4) is 0 Å². The van der Waals surface area contributed by atoms with Crippen molar-refractivity contribution in [2.24, 2.45) is 5.92 Å². The van der Waals surface area contributed by atoms with Gasteiger partial charge in [-0.1, -0.05) is 15.9 Å². The number of hydrogen-bond donors (Lipinski definition) is 2. The Hall–Kier alpha value is -0.780. The van der Waals surface area contributed by atoms with E-state index in [-0.39, 0.29) is 11.1 Å². The Morgan fingerprint density at radius 2 is 2.05 bits per heavy atom. The van der Waals surface area contributed by atoms with E-state index >= 15 is 0 Å². The zero-order valence-corrected chi connectivity index (χ0v) is 14.1. The van der Waals surface area contributed by atoms with Crippen LogP contribution in [0.4, 0.5) is 0 Å². The summed E-state index contributed by atoms with van der Waals surface area (Å²) in [4.78, 5) is 16.9. The van der Waals surface area contributed by atoms with Gasteiger partial charge in [-0.3, -0.25) is 0 Å². The molecule has 0 aliphatic heterocycles. The van der Waals surface area contributed by atoms with Crippen molar-refractivity contribution in [1.29, 1.82) is 0 Å². The lowest BCUT2D eigenvalue weighted by atomic mass is 9.78. The summed E-state index contributed by atoms with van der Waals surface area (Å²) >= 11 is 10.1. The van der Waals surface area contributed by atoms with Crippen LogP contribution in [0.3, 0.4) is 0 Å². The predicted octanol–water partition coefficient (Wildman–Crippen LogP) is 4.10. The van der Waals surface area contributed by atoms with Gasteiger partial charge in [-0.25, -0.2) is 4.79 Å². The molecule has 1 saturated carbocycles. The highest BCUT2D eigenvalue weighted by Crippen LogP contribution is 2.41. The molecule has 1 aromatic carbocycles. The minimum Gasteiger partial charge on any atom is -0.378 e. The Morgan fingerprint density at radius 3 is 2.71 bits per heavy atom. The highest BCUT2D eigenvalue weighted by Gasteiger charge is 2.31. The Balaban J connectivity index is 1.71. The first-order valence-corrected chi connectivity index (χ1v) is 8.47. The Bertz CT molecular complexity index is 691. The van der Waals surface area contributed by atoms with E-state index in [0.717, 1.165) is 46.9 Å². The Kier molecular flexibility index (Phi) is 4.43. The molecule has 0 spiro atoms. The predicted molar refractivity (Wildman–Crippen MR) is 88.0 cm³/mol. The number of alkyl halides is 1. The molecule has 1 fully saturated rings. The fourth-order valence-electron chi connectivity index (χ4n) is 2.97. The SMILES string of the molecule is CCOC1CC(CC(Cl)c2cc3[nH]c(=O)[nH]c3cc2Br)C1. The summed E-state index contributed by atoms with van der Waals surface area (Å²) in [6.07, 6.45) is 3.54. The summed E-state index contributed by atoms with van der Waals surface area (Å²) < 4.78 is 6.52. The van der Waals surface area contributed by atoms with Crippen LogP contribution in [0, 0.1) is 5.92 Å². The molecule has 1 aromatic heterocycles. The lowest BCUT2D eigenvalue weighted by Gasteiger charge is -2.36. The van der Waals surface area contributed by atoms with Crippen LogP contribution in [0.25, 0.3) is 11.0 Å². The van der Waals surface area contributed by atoms with E-state index in [0.29, 0.717) is 12.0 Å². The van der Waals surface area contributed by atoms with Gasteiger partial charge in [0, 0.05) is 11.1 Å². The number of aromatic nitrogens is 2. The third-order valence-corrected chi connectivity index (χ3v) is 5.21. The Labute approximate surface area is 136 Å². The molecular formula is C15H18BrClN2O2. The molecule has 2 N–H and O–H groups in total. The van der Waals surface area contributed by atoms with Gasteiger partial charge in [0.1, 0.15) is 0 Å². The maximum atomic E-state index is 11.3. The lowest BCUT2D eigenvalue weighted by molar-refractivity contribution is -0.0267. The number of ether oxygens (including phenoxy) is 1. The van der Waals surface area contributed by atoms with Gasteiger partial charge in [-0.15, -0.1) is 11.6 Å². The molecule has 21 heavy (non-hydrogen) atoms. The lowest BCUT2D eigenvalue weighted by Crippen LogP contribution is -2.31. The fourth-order valence-corrected chi connectivity index (χ4v) is 4.16. The van der Waals surface area contributed by atoms with E-state index in [9.17, 15) is 4.79 Å². The quantitative estimate of drug-likeness (QED) is 0.775. The molecule has 1 aliphatic carbocycles. The van der Waals surface area contributed by atoms with E-state index in [1.54, 1.807) is 0 Å². The van der Waals surface area contributed by atoms with Gasteiger partial charge >= 0.3 is 5.69 Å². The highest BCUT2D eigenvalue weighted by molar-refractivity contribution is 9.10. The maximum Gasteiger partial charge on any atom is 0.323 e. The first kappa shape index (κ1) is 15.1. The van der Waals surface area contributed by atoms with Crippen molar-refractivity contribution in [3.63, 3.8) is 0 Å². The molecule has 6 heteroatoms. The molecule has 3 rings (SSSR count). The molecule has 0 saturated heterocycles. The number of aromatic amines is 2. The molecule has 1 aliphatic rings. The van der Waals surface area contributed by atoms with E-state index in [2.05, 4.69) is 25.9 Å². The van der Waals surface area contributed by atoms with E-state index < -0.39 is 0 Å². The van der Waals surface area contributed by atoms with Crippen LogP contribution in [-0.4, -0.2) is 22.7 Å². The average molecular weight is 374 g/mol. The van der Waals surface area contributed by atoms with Crippen LogP contribution in [0.5, 0.6) is 0 Å². The van der Waals surface area contributed by atoms with Gasteiger partial charge in [0.05, 0.1) is 22.5 Å².